The number of amides is 1. The van der Waals surface area contributed by atoms with Gasteiger partial charge in [-0.05, 0) is 61.7 Å². The molecule has 1 unspecified atom stereocenters. The van der Waals surface area contributed by atoms with Crippen molar-refractivity contribution in [2.24, 2.45) is 0 Å². The van der Waals surface area contributed by atoms with E-state index in [1.807, 2.05) is 19.1 Å². The summed E-state index contributed by atoms with van der Waals surface area (Å²) in [6.07, 6.45) is 2.29. The molecular formula is C25H31N3O4S. The number of sulfone groups is 1. The molecule has 7 nitrogen and oxygen atoms in total. The number of rotatable bonds is 10. The van der Waals surface area contributed by atoms with Crippen LogP contribution in [0.2, 0.25) is 0 Å². The van der Waals surface area contributed by atoms with Gasteiger partial charge in [-0.3, -0.25) is 4.79 Å². The molecule has 0 spiro atoms. The van der Waals surface area contributed by atoms with Crippen LogP contribution in [0, 0.1) is 11.3 Å². The Kier molecular flexibility index (Phi) is 8.48. The van der Waals surface area contributed by atoms with Crippen molar-refractivity contribution in [3.05, 3.63) is 59.7 Å². The molecule has 2 aromatic carbocycles. The Morgan fingerprint density at radius 3 is 2.48 bits per heavy atom. The highest BCUT2D eigenvalue weighted by atomic mass is 32.2. The summed E-state index contributed by atoms with van der Waals surface area (Å²) in [6, 6.07) is 15.7. The van der Waals surface area contributed by atoms with Crippen molar-refractivity contribution in [1.82, 2.24) is 5.32 Å². The maximum Gasteiger partial charge on any atom is 0.251 e. The van der Waals surface area contributed by atoms with Crippen molar-refractivity contribution in [3.8, 4) is 6.07 Å². The van der Waals surface area contributed by atoms with E-state index in [4.69, 9.17) is 4.74 Å². The lowest BCUT2D eigenvalue weighted by atomic mass is 10.0. The van der Waals surface area contributed by atoms with Gasteiger partial charge in [0.2, 0.25) is 0 Å². The first-order chi connectivity index (χ1) is 15.9. The second kappa shape index (κ2) is 11.3. The fourth-order valence-corrected chi connectivity index (χ4v) is 4.95. The van der Waals surface area contributed by atoms with E-state index in [9.17, 15) is 18.5 Å². The van der Waals surface area contributed by atoms with Gasteiger partial charge in [-0.25, -0.2) is 8.42 Å². The Labute approximate surface area is 196 Å². The zero-order valence-electron chi connectivity index (χ0n) is 19.2. The number of nitrogens with zero attached hydrogens (tertiary/aromatic N) is 2. The number of anilines is 1. The van der Waals surface area contributed by atoms with E-state index < -0.39 is 15.9 Å². The molecule has 1 aliphatic rings. The van der Waals surface area contributed by atoms with Crippen LogP contribution in [0.5, 0.6) is 0 Å². The third-order valence-corrected chi connectivity index (χ3v) is 7.73. The lowest BCUT2D eigenvalue weighted by Gasteiger charge is -2.26. The van der Waals surface area contributed by atoms with Crippen LogP contribution in [0.4, 0.5) is 5.69 Å². The molecule has 2 aromatic rings. The van der Waals surface area contributed by atoms with Crippen molar-refractivity contribution in [2.45, 2.75) is 50.1 Å². The number of nitrogens with one attached hydrogen (secondary N) is 1. The number of nitriles is 1. The van der Waals surface area contributed by atoms with E-state index >= 15 is 0 Å². The molecule has 0 saturated carbocycles. The van der Waals surface area contributed by atoms with E-state index in [0.717, 1.165) is 25.1 Å². The van der Waals surface area contributed by atoms with Crippen LogP contribution < -0.4 is 10.2 Å². The second-order valence-electron chi connectivity index (χ2n) is 8.06. The number of carbonyl (C=O) groups excluding carboxylic acids is 1. The average molecular weight is 470 g/mol. The molecule has 176 valence electrons. The van der Waals surface area contributed by atoms with E-state index in [0.29, 0.717) is 30.4 Å². The van der Waals surface area contributed by atoms with Crippen LogP contribution in [0.1, 0.15) is 55.1 Å². The summed E-state index contributed by atoms with van der Waals surface area (Å²) < 4.78 is 29.7. The molecule has 0 radical (unpaired) electrons. The maximum absolute atomic E-state index is 12.9. The molecule has 1 heterocycles. The largest absolute Gasteiger partial charge is 0.380 e. The van der Waals surface area contributed by atoms with Crippen molar-refractivity contribution in [1.29, 1.82) is 5.26 Å². The van der Waals surface area contributed by atoms with E-state index in [-0.39, 0.29) is 23.0 Å². The molecule has 1 amide bonds. The fourth-order valence-electron chi connectivity index (χ4n) is 4.07. The lowest BCUT2D eigenvalue weighted by Crippen LogP contribution is -2.33. The summed E-state index contributed by atoms with van der Waals surface area (Å²) in [5.74, 6) is -0.260. The normalized spacial score (nSPS) is 16.9. The highest BCUT2D eigenvalue weighted by molar-refractivity contribution is 7.91. The molecule has 0 bridgehead atoms. The van der Waals surface area contributed by atoms with Gasteiger partial charge < -0.3 is 15.0 Å². The van der Waals surface area contributed by atoms with Crippen LogP contribution in [-0.2, 0) is 14.6 Å². The molecule has 0 aromatic heterocycles. The van der Waals surface area contributed by atoms with Crippen LogP contribution in [0.25, 0.3) is 0 Å². The molecule has 1 N–H and O–H groups in total. The standard InChI is InChI=1S/C25H31N3O4S/c1-3-32-18-22-6-5-17-28(22)21-11-7-20(8-12-21)25(29)27-24(15-16-26)19-9-13-23(14-10-19)33(30,31)4-2/h7-14,22,24H,3-6,15,17-18H2,1-2H3,(H,27,29)/t22-,24?/m0/s1. The van der Waals surface area contributed by atoms with E-state index in [1.54, 1.807) is 31.2 Å². The van der Waals surface area contributed by atoms with Gasteiger partial charge in [-0.2, -0.15) is 5.26 Å². The van der Waals surface area contributed by atoms with E-state index in [1.165, 1.54) is 12.1 Å². The van der Waals surface area contributed by atoms with Crippen molar-refractivity contribution >= 4 is 21.4 Å². The molecule has 1 saturated heterocycles. The SMILES string of the molecule is CCOC[C@@H]1CCCN1c1ccc(C(=O)NC(CC#N)c2ccc(S(=O)(=O)CC)cc2)cc1. The molecule has 8 heteroatoms. The quantitative estimate of drug-likeness (QED) is 0.567. The predicted molar refractivity (Wildman–Crippen MR) is 128 cm³/mol. The summed E-state index contributed by atoms with van der Waals surface area (Å²) in [6.45, 7) is 5.96. The fraction of sp³-hybridized carbons (Fsp3) is 0.440. The summed E-state index contributed by atoms with van der Waals surface area (Å²) >= 11 is 0. The predicted octanol–water partition coefficient (Wildman–Crippen LogP) is 3.87. The lowest BCUT2D eigenvalue weighted by molar-refractivity contribution is 0.0937. The smallest absolute Gasteiger partial charge is 0.251 e. The van der Waals surface area contributed by atoms with Gasteiger partial charge in [0, 0.05) is 24.4 Å². The first kappa shape index (κ1) is 24.7. The second-order valence-corrected chi connectivity index (χ2v) is 10.3. The third-order valence-electron chi connectivity index (χ3n) is 5.97. The molecule has 33 heavy (non-hydrogen) atoms. The first-order valence-electron chi connectivity index (χ1n) is 11.3. The minimum Gasteiger partial charge on any atom is -0.380 e. The minimum atomic E-state index is -3.30. The molecule has 2 atom stereocenters. The number of hydrogen-bond acceptors (Lipinski definition) is 6. The molecule has 0 aliphatic carbocycles. The van der Waals surface area contributed by atoms with Crippen molar-refractivity contribution in [3.63, 3.8) is 0 Å². The Morgan fingerprint density at radius 1 is 1.18 bits per heavy atom. The van der Waals surface area contributed by atoms with Gasteiger partial charge in [-0.15, -0.1) is 0 Å². The number of carbonyl (C=O) groups is 1. The monoisotopic (exact) mass is 469 g/mol. The Balaban J connectivity index is 1.70. The van der Waals surface area contributed by atoms with Crippen LogP contribution in [0.15, 0.2) is 53.4 Å². The zero-order valence-corrected chi connectivity index (χ0v) is 20.0. The van der Waals surface area contributed by atoms with Crippen LogP contribution in [-0.4, -0.2) is 45.9 Å². The van der Waals surface area contributed by atoms with Gasteiger partial charge in [0.15, 0.2) is 9.84 Å². The van der Waals surface area contributed by atoms with Crippen LogP contribution >= 0.6 is 0 Å². The Morgan fingerprint density at radius 2 is 1.88 bits per heavy atom. The summed E-state index contributed by atoms with van der Waals surface area (Å²) in [5, 5.41) is 12.1. The Hall–Kier alpha value is -2.89. The van der Waals surface area contributed by atoms with Gasteiger partial charge >= 0.3 is 0 Å². The summed E-state index contributed by atoms with van der Waals surface area (Å²) in [5.41, 5.74) is 2.26. The highest BCUT2D eigenvalue weighted by Crippen LogP contribution is 2.26. The molecule has 3 rings (SSSR count). The molecule has 1 fully saturated rings. The van der Waals surface area contributed by atoms with Crippen LogP contribution in [0.3, 0.4) is 0 Å². The number of benzene rings is 2. The minimum absolute atomic E-state index is 0.0184. The van der Waals surface area contributed by atoms with E-state index in [2.05, 4.69) is 16.3 Å². The third kappa shape index (κ3) is 6.12. The topological polar surface area (TPSA) is 99.5 Å². The molecular weight excluding hydrogens is 438 g/mol. The average Bonchev–Trinajstić information content (AvgIpc) is 3.31. The van der Waals surface area contributed by atoms with Gasteiger partial charge in [-0.1, -0.05) is 19.1 Å². The molecule has 1 aliphatic heterocycles. The first-order valence-corrected chi connectivity index (χ1v) is 13.0. The Bertz CT molecular complexity index is 1080. The highest BCUT2D eigenvalue weighted by Gasteiger charge is 2.25. The maximum atomic E-state index is 12.9. The zero-order chi connectivity index (χ0) is 23.8. The number of ether oxygens (including phenoxy) is 1. The van der Waals surface area contributed by atoms with Gasteiger partial charge in [0.1, 0.15) is 0 Å². The summed E-state index contributed by atoms with van der Waals surface area (Å²) in [4.78, 5) is 15.4. The number of hydrogen-bond donors (Lipinski definition) is 1. The van der Waals surface area contributed by atoms with Crippen molar-refractivity contribution in [2.75, 3.05) is 30.4 Å². The van der Waals surface area contributed by atoms with Gasteiger partial charge in [0.05, 0.1) is 41.8 Å². The summed E-state index contributed by atoms with van der Waals surface area (Å²) in [7, 11) is -3.30. The van der Waals surface area contributed by atoms with Crippen molar-refractivity contribution < 1.29 is 17.9 Å². The van der Waals surface area contributed by atoms with Gasteiger partial charge in [0.25, 0.3) is 5.91 Å².